The van der Waals surface area contributed by atoms with Crippen LogP contribution >= 0.6 is 0 Å². The van der Waals surface area contributed by atoms with Crippen molar-refractivity contribution in [3.63, 3.8) is 0 Å². The molecule has 0 atom stereocenters. The van der Waals surface area contributed by atoms with Crippen LogP contribution in [0.15, 0.2) is 29.0 Å². The van der Waals surface area contributed by atoms with E-state index in [-0.39, 0.29) is 11.8 Å². The molecule has 1 amide bonds. The van der Waals surface area contributed by atoms with Gasteiger partial charge in [0.1, 0.15) is 0 Å². The summed E-state index contributed by atoms with van der Waals surface area (Å²) in [5.41, 5.74) is 1.06. The minimum atomic E-state index is 0.0507. The van der Waals surface area contributed by atoms with Crippen molar-refractivity contribution >= 4 is 5.91 Å². The number of aryl methyl sites for hydroxylation is 1. The Bertz CT molecular complexity index is 580. The fourth-order valence-corrected chi connectivity index (χ4v) is 1.85. The number of aromatic nitrogens is 3. The fourth-order valence-electron chi connectivity index (χ4n) is 1.85. The van der Waals surface area contributed by atoms with Gasteiger partial charge in [-0.1, -0.05) is 25.1 Å². The largest absolute Gasteiger partial charge is 0.339 e. The van der Waals surface area contributed by atoms with Crippen molar-refractivity contribution in [3.05, 3.63) is 41.8 Å². The van der Waals surface area contributed by atoms with E-state index < -0.39 is 0 Å². The van der Waals surface area contributed by atoms with Crippen LogP contribution < -0.4 is 0 Å². The summed E-state index contributed by atoms with van der Waals surface area (Å²) in [6, 6.07) is 3.84. The number of carbonyl (C=O) groups is 1. The maximum Gasteiger partial charge on any atom is 0.229 e. The highest BCUT2D eigenvalue weighted by molar-refractivity contribution is 5.76. The number of nitrogens with zero attached hydrogens (tertiary/aromatic N) is 4. The Morgan fingerprint density at radius 2 is 2.24 bits per heavy atom. The molecule has 21 heavy (non-hydrogen) atoms. The number of pyridine rings is 1. The van der Waals surface area contributed by atoms with E-state index in [0.29, 0.717) is 31.1 Å². The Morgan fingerprint density at radius 1 is 1.43 bits per heavy atom. The van der Waals surface area contributed by atoms with E-state index in [2.05, 4.69) is 15.1 Å². The van der Waals surface area contributed by atoms with Crippen molar-refractivity contribution in [1.82, 2.24) is 20.0 Å². The zero-order valence-electron chi connectivity index (χ0n) is 12.6. The minimum absolute atomic E-state index is 0.0507. The molecule has 0 aliphatic carbocycles. The molecular formula is C15H20N4O2. The number of carbonyl (C=O) groups excluding carboxylic acids is 1. The molecule has 2 rings (SSSR count). The van der Waals surface area contributed by atoms with Crippen LogP contribution in [0.25, 0.3) is 0 Å². The third-order valence-electron chi connectivity index (χ3n) is 3.13. The number of hydrogen-bond acceptors (Lipinski definition) is 5. The summed E-state index contributed by atoms with van der Waals surface area (Å²) in [6.45, 7) is 4.34. The standard InChI is InChI=1S/C15H20N4O2/c1-11(2)15-17-13(18-21-15)10-19(3)14(20)7-6-12-5-4-8-16-9-12/h4-5,8-9,11H,6-7,10H2,1-3H3. The van der Waals surface area contributed by atoms with Crippen LogP contribution in [0.1, 0.15) is 43.5 Å². The van der Waals surface area contributed by atoms with Crippen molar-refractivity contribution in [2.45, 2.75) is 39.2 Å². The lowest BCUT2D eigenvalue weighted by molar-refractivity contribution is -0.130. The molecule has 0 aromatic carbocycles. The first-order valence-electron chi connectivity index (χ1n) is 7.01. The van der Waals surface area contributed by atoms with Gasteiger partial charge in [-0.3, -0.25) is 9.78 Å². The Morgan fingerprint density at radius 3 is 2.86 bits per heavy atom. The Labute approximate surface area is 124 Å². The van der Waals surface area contributed by atoms with E-state index in [0.717, 1.165) is 5.56 Å². The molecule has 0 fully saturated rings. The second-order valence-corrected chi connectivity index (χ2v) is 5.31. The summed E-state index contributed by atoms with van der Waals surface area (Å²) in [6.07, 6.45) is 4.62. The van der Waals surface area contributed by atoms with E-state index >= 15 is 0 Å². The molecule has 0 saturated carbocycles. The molecule has 0 aliphatic heterocycles. The average Bonchev–Trinajstić information content (AvgIpc) is 2.94. The summed E-state index contributed by atoms with van der Waals surface area (Å²) in [7, 11) is 1.75. The van der Waals surface area contributed by atoms with E-state index in [1.807, 2.05) is 26.0 Å². The second-order valence-electron chi connectivity index (χ2n) is 5.31. The molecule has 112 valence electrons. The monoisotopic (exact) mass is 288 g/mol. The Kier molecular flexibility index (Phi) is 5.03. The van der Waals surface area contributed by atoms with Crippen LogP contribution in [0.5, 0.6) is 0 Å². The molecule has 0 N–H and O–H groups in total. The third kappa shape index (κ3) is 4.37. The normalized spacial score (nSPS) is 10.9. The predicted molar refractivity (Wildman–Crippen MR) is 77.4 cm³/mol. The van der Waals surface area contributed by atoms with Gasteiger partial charge in [0, 0.05) is 31.8 Å². The van der Waals surface area contributed by atoms with E-state index in [4.69, 9.17) is 4.52 Å². The molecule has 0 spiro atoms. The highest BCUT2D eigenvalue weighted by atomic mass is 16.5. The van der Waals surface area contributed by atoms with Gasteiger partial charge in [-0.25, -0.2) is 0 Å². The van der Waals surface area contributed by atoms with Crippen LogP contribution in [0, 0.1) is 0 Å². The smallest absolute Gasteiger partial charge is 0.229 e. The number of rotatable bonds is 6. The van der Waals surface area contributed by atoms with Crippen LogP contribution in [-0.2, 0) is 17.8 Å². The first-order chi connectivity index (χ1) is 10.1. The van der Waals surface area contributed by atoms with Crippen LogP contribution in [0.4, 0.5) is 0 Å². The second kappa shape index (κ2) is 6.97. The molecule has 0 unspecified atom stereocenters. The first-order valence-corrected chi connectivity index (χ1v) is 7.01. The zero-order chi connectivity index (χ0) is 15.2. The lowest BCUT2D eigenvalue weighted by Crippen LogP contribution is -2.26. The average molecular weight is 288 g/mol. The van der Waals surface area contributed by atoms with Gasteiger partial charge in [0.15, 0.2) is 5.82 Å². The zero-order valence-corrected chi connectivity index (χ0v) is 12.6. The maximum atomic E-state index is 12.1. The lowest BCUT2D eigenvalue weighted by atomic mass is 10.1. The van der Waals surface area contributed by atoms with Gasteiger partial charge in [-0.2, -0.15) is 4.98 Å². The van der Waals surface area contributed by atoms with Gasteiger partial charge in [-0.15, -0.1) is 0 Å². The third-order valence-corrected chi connectivity index (χ3v) is 3.13. The van der Waals surface area contributed by atoms with Gasteiger partial charge < -0.3 is 9.42 Å². The molecule has 0 radical (unpaired) electrons. The predicted octanol–water partition coefficient (Wildman–Crippen LogP) is 2.18. The first kappa shape index (κ1) is 15.2. The van der Waals surface area contributed by atoms with Gasteiger partial charge in [0.25, 0.3) is 0 Å². The van der Waals surface area contributed by atoms with E-state index in [1.165, 1.54) is 0 Å². The molecular weight excluding hydrogens is 268 g/mol. The van der Waals surface area contributed by atoms with Gasteiger partial charge in [-0.05, 0) is 18.1 Å². The van der Waals surface area contributed by atoms with Crippen molar-refractivity contribution in [1.29, 1.82) is 0 Å². The number of amides is 1. The summed E-state index contributed by atoms with van der Waals surface area (Å²) >= 11 is 0. The van der Waals surface area contributed by atoms with Crippen LogP contribution in [0.2, 0.25) is 0 Å². The minimum Gasteiger partial charge on any atom is -0.339 e. The number of hydrogen-bond donors (Lipinski definition) is 0. The fraction of sp³-hybridized carbons (Fsp3) is 0.467. The highest BCUT2D eigenvalue weighted by Crippen LogP contribution is 2.12. The van der Waals surface area contributed by atoms with Gasteiger partial charge >= 0.3 is 0 Å². The van der Waals surface area contributed by atoms with Crippen LogP contribution in [-0.4, -0.2) is 33.0 Å². The Hall–Kier alpha value is -2.24. The van der Waals surface area contributed by atoms with Crippen molar-refractivity contribution in [2.75, 3.05) is 7.05 Å². The van der Waals surface area contributed by atoms with Gasteiger partial charge in [0.05, 0.1) is 6.54 Å². The Balaban J connectivity index is 1.84. The summed E-state index contributed by atoms with van der Waals surface area (Å²) in [5, 5.41) is 3.89. The quantitative estimate of drug-likeness (QED) is 0.814. The SMILES string of the molecule is CC(C)c1nc(CN(C)C(=O)CCc2cccnc2)no1. The lowest BCUT2D eigenvalue weighted by Gasteiger charge is -2.14. The van der Waals surface area contributed by atoms with Crippen molar-refractivity contribution in [2.24, 2.45) is 0 Å². The summed E-state index contributed by atoms with van der Waals surface area (Å²) < 4.78 is 5.13. The molecule has 2 aromatic heterocycles. The molecule has 6 heteroatoms. The van der Waals surface area contributed by atoms with E-state index in [1.54, 1.807) is 24.3 Å². The molecule has 0 aliphatic rings. The highest BCUT2D eigenvalue weighted by Gasteiger charge is 2.14. The van der Waals surface area contributed by atoms with E-state index in [9.17, 15) is 4.79 Å². The van der Waals surface area contributed by atoms with Gasteiger partial charge in [0.2, 0.25) is 11.8 Å². The topological polar surface area (TPSA) is 72.1 Å². The molecule has 6 nitrogen and oxygen atoms in total. The molecule has 2 aromatic rings. The van der Waals surface area contributed by atoms with Crippen molar-refractivity contribution < 1.29 is 9.32 Å². The molecule has 0 bridgehead atoms. The molecule has 0 saturated heterocycles. The summed E-state index contributed by atoms with van der Waals surface area (Å²) in [5.74, 6) is 1.38. The molecule has 2 heterocycles. The van der Waals surface area contributed by atoms with Crippen molar-refractivity contribution in [3.8, 4) is 0 Å². The maximum absolute atomic E-state index is 12.1. The summed E-state index contributed by atoms with van der Waals surface area (Å²) in [4.78, 5) is 22.0. The van der Waals surface area contributed by atoms with Crippen LogP contribution in [0.3, 0.4) is 0 Å².